The molecule has 3 heterocycles. The lowest BCUT2D eigenvalue weighted by Crippen LogP contribution is -2.30. The number of hydrogen-bond acceptors (Lipinski definition) is 3. The van der Waals surface area contributed by atoms with Crippen LogP contribution < -0.4 is 5.32 Å². The maximum Gasteiger partial charge on any atom is 0.226 e. The normalized spacial score (nSPS) is 17.6. The zero-order chi connectivity index (χ0) is 16.9. The number of benzene rings is 1. The van der Waals surface area contributed by atoms with E-state index >= 15 is 0 Å². The molecule has 0 bridgehead atoms. The van der Waals surface area contributed by atoms with Gasteiger partial charge in [-0.25, -0.2) is 4.68 Å². The fourth-order valence-electron chi connectivity index (χ4n) is 3.34. The highest BCUT2D eigenvalue weighted by molar-refractivity contribution is 5.94. The van der Waals surface area contributed by atoms with Gasteiger partial charge in [-0.3, -0.25) is 9.78 Å². The summed E-state index contributed by atoms with van der Waals surface area (Å²) in [6.45, 7) is 6.24. The average Bonchev–Trinajstić information content (AvgIpc) is 2.97. The Morgan fingerprint density at radius 2 is 2.08 bits per heavy atom. The largest absolute Gasteiger partial charge is 0.311 e. The minimum absolute atomic E-state index is 0.0226. The van der Waals surface area contributed by atoms with Crippen LogP contribution in [-0.2, 0) is 10.3 Å². The minimum Gasteiger partial charge on any atom is -0.311 e. The van der Waals surface area contributed by atoms with Crippen LogP contribution in [0.3, 0.4) is 0 Å². The Morgan fingerprint density at radius 3 is 2.88 bits per heavy atom. The first kappa shape index (κ1) is 14.9. The third-order valence-electron chi connectivity index (χ3n) is 4.49. The lowest BCUT2D eigenvalue weighted by Gasteiger charge is -2.28. The number of carbonyl (C=O) groups excluding carboxylic acids is 1. The zero-order valence-electron chi connectivity index (χ0n) is 14.1. The van der Waals surface area contributed by atoms with Gasteiger partial charge in [-0.2, -0.15) is 5.10 Å². The van der Waals surface area contributed by atoms with Crippen molar-refractivity contribution in [3.05, 3.63) is 53.9 Å². The molecule has 3 aromatic rings. The molecule has 5 nitrogen and oxygen atoms in total. The molecule has 5 heteroatoms. The fraction of sp³-hybridized carbons (Fsp3) is 0.316. The summed E-state index contributed by atoms with van der Waals surface area (Å²) >= 11 is 0. The van der Waals surface area contributed by atoms with Gasteiger partial charge in [-0.05, 0) is 44.5 Å². The number of pyridine rings is 1. The minimum atomic E-state index is -0.184. The Morgan fingerprint density at radius 1 is 1.25 bits per heavy atom. The molecule has 1 atom stereocenters. The van der Waals surface area contributed by atoms with Gasteiger partial charge in [-0.1, -0.05) is 12.1 Å². The second-order valence-corrected chi connectivity index (χ2v) is 7.29. The molecular weight excluding hydrogens is 300 g/mol. The molecule has 1 aromatic carbocycles. The monoisotopic (exact) mass is 320 g/mol. The van der Waals surface area contributed by atoms with Gasteiger partial charge in [0.25, 0.3) is 0 Å². The van der Waals surface area contributed by atoms with Gasteiger partial charge in [0.05, 0.1) is 17.3 Å². The molecular formula is C19H20N4O. The summed E-state index contributed by atoms with van der Waals surface area (Å²) in [4.78, 5) is 16.7. The highest BCUT2D eigenvalue weighted by Gasteiger charge is 2.32. The van der Waals surface area contributed by atoms with E-state index in [0.717, 1.165) is 27.8 Å². The lowest BCUT2D eigenvalue weighted by molar-refractivity contribution is -0.116. The maximum atomic E-state index is 12.3. The van der Waals surface area contributed by atoms with Crippen molar-refractivity contribution in [1.82, 2.24) is 14.8 Å². The Labute approximate surface area is 140 Å². The van der Waals surface area contributed by atoms with E-state index in [0.29, 0.717) is 6.42 Å². The highest BCUT2D eigenvalue weighted by Crippen LogP contribution is 2.39. The molecule has 0 unspecified atom stereocenters. The maximum absolute atomic E-state index is 12.3. The summed E-state index contributed by atoms with van der Waals surface area (Å²) < 4.78 is 1.90. The van der Waals surface area contributed by atoms with E-state index in [-0.39, 0.29) is 17.4 Å². The highest BCUT2D eigenvalue weighted by atomic mass is 16.1. The van der Waals surface area contributed by atoms with Crippen LogP contribution in [-0.4, -0.2) is 20.7 Å². The van der Waals surface area contributed by atoms with E-state index in [2.05, 4.69) is 48.3 Å². The van der Waals surface area contributed by atoms with Crippen molar-refractivity contribution >= 4 is 22.6 Å². The number of rotatable bonds is 1. The molecule has 1 N–H and O–H groups in total. The standard InChI is InChI=1S/C19H20N4O/c1-19(2,3)23-18-15(11-21-23)14(10-17(24)22-18)12-6-7-16-13(9-12)5-4-8-20-16/h4-9,11,14H,10H2,1-3H3,(H,22,24)/t14-/m1/s1. The Bertz CT molecular complexity index is 936. The van der Waals surface area contributed by atoms with E-state index in [1.807, 2.05) is 29.1 Å². The van der Waals surface area contributed by atoms with Gasteiger partial charge in [0, 0.05) is 29.5 Å². The van der Waals surface area contributed by atoms with Gasteiger partial charge in [0.15, 0.2) is 0 Å². The van der Waals surface area contributed by atoms with Crippen LogP contribution in [0.1, 0.15) is 44.2 Å². The number of aromatic nitrogens is 3. The summed E-state index contributed by atoms with van der Waals surface area (Å²) in [6, 6.07) is 10.2. The van der Waals surface area contributed by atoms with Crippen LogP contribution in [0.2, 0.25) is 0 Å². The summed E-state index contributed by atoms with van der Waals surface area (Å²) in [5.41, 5.74) is 2.98. The van der Waals surface area contributed by atoms with Crippen LogP contribution in [0.25, 0.3) is 10.9 Å². The number of nitrogens with one attached hydrogen (secondary N) is 1. The van der Waals surface area contributed by atoms with Gasteiger partial charge >= 0.3 is 0 Å². The second kappa shape index (κ2) is 5.16. The van der Waals surface area contributed by atoms with E-state index in [1.54, 1.807) is 6.20 Å². The van der Waals surface area contributed by atoms with Gasteiger partial charge in [0.1, 0.15) is 5.82 Å². The molecule has 2 aromatic heterocycles. The third kappa shape index (κ3) is 2.37. The van der Waals surface area contributed by atoms with E-state index in [1.165, 1.54) is 0 Å². The first-order valence-electron chi connectivity index (χ1n) is 8.16. The zero-order valence-corrected chi connectivity index (χ0v) is 14.1. The summed E-state index contributed by atoms with van der Waals surface area (Å²) in [5, 5.41) is 8.62. The fourth-order valence-corrected chi connectivity index (χ4v) is 3.34. The Kier molecular flexibility index (Phi) is 3.20. The van der Waals surface area contributed by atoms with Crippen LogP contribution in [0, 0.1) is 0 Å². The number of hydrogen-bond donors (Lipinski definition) is 1. The number of nitrogens with zero attached hydrogens (tertiary/aromatic N) is 3. The van der Waals surface area contributed by atoms with Gasteiger partial charge in [-0.15, -0.1) is 0 Å². The smallest absolute Gasteiger partial charge is 0.226 e. The van der Waals surface area contributed by atoms with Gasteiger partial charge in [0.2, 0.25) is 5.91 Å². The molecule has 0 aliphatic carbocycles. The van der Waals surface area contributed by atoms with Crippen LogP contribution in [0.15, 0.2) is 42.7 Å². The molecule has 122 valence electrons. The van der Waals surface area contributed by atoms with Crippen molar-refractivity contribution in [3.8, 4) is 0 Å². The molecule has 1 aliphatic heterocycles. The Hall–Kier alpha value is -2.69. The summed E-state index contributed by atoms with van der Waals surface area (Å²) in [7, 11) is 0. The molecule has 24 heavy (non-hydrogen) atoms. The van der Waals surface area contributed by atoms with Crippen molar-refractivity contribution in [2.24, 2.45) is 0 Å². The van der Waals surface area contributed by atoms with Gasteiger partial charge < -0.3 is 5.32 Å². The van der Waals surface area contributed by atoms with Crippen LogP contribution in [0.4, 0.5) is 5.82 Å². The number of anilines is 1. The van der Waals surface area contributed by atoms with Crippen molar-refractivity contribution in [2.75, 3.05) is 5.32 Å². The predicted octanol–water partition coefficient (Wildman–Crippen LogP) is 3.66. The molecule has 0 spiro atoms. The lowest BCUT2D eigenvalue weighted by atomic mass is 9.86. The second-order valence-electron chi connectivity index (χ2n) is 7.29. The first-order valence-corrected chi connectivity index (χ1v) is 8.16. The van der Waals surface area contributed by atoms with Crippen LogP contribution >= 0.6 is 0 Å². The number of amides is 1. The van der Waals surface area contributed by atoms with Crippen LogP contribution in [0.5, 0.6) is 0 Å². The van der Waals surface area contributed by atoms with Crippen molar-refractivity contribution in [3.63, 3.8) is 0 Å². The molecule has 4 rings (SSSR count). The quantitative estimate of drug-likeness (QED) is 0.744. The molecule has 0 radical (unpaired) electrons. The SMILES string of the molecule is CC(C)(C)n1ncc2c1NC(=O)C[C@@H]2c1ccc2ncccc2c1. The first-order chi connectivity index (χ1) is 11.4. The topological polar surface area (TPSA) is 59.8 Å². The average molecular weight is 320 g/mol. The van der Waals surface area contributed by atoms with Crippen molar-refractivity contribution in [2.45, 2.75) is 38.6 Å². The van der Waals surface area contributed by atoms with E-state index in [9.17, 15) is 4.79 Å². The van der Waals surface area contributed by atoms with E-state index < -0.39 is 0 Å². The third-order valence-corrected chi connectivity index (χ3v) is 4.49. The predicted molar refractivity (Wildman–Crippen MR) is 94.1 cm³/mol. The summed E-state index contributed by atoms with van der Waals surface area (Å²) in [5.74, 6) is 0.870. The van der Waals surface area contributed by atoms with Crippen molar-refractivity contribution < 1.29 is 4.79 Å². The molecule has 1 aliphatic rings. The number of fused-ring (bicyclic) bond motifs is 2. The molecule has 0 saturated carbocycles. The Balaban J connectivity index is 1.84. The van der Waals surface area contributed by atoms with Crippen molar-refractivity contribution in [1.29, 1.82) is 0 Å². The van der Waals surface area contributed by atoms with E-state index in [4.69, 9.17) is 0 Å². The molecule has 0 saturated heterocycles. The number of carbonyl (C=O) groups is 1. The molecule has 1 amide bonds. The molecule has 0 fully saturated rings. The summed E-state index contributed by atoms with van der Waals surface area (Å²) in [6.07, 6.45) is 4.12.